The zero-order valence-corrected chi connectivity index (χ0v) is 20.7. The summed E-state index contributed by atoms with van der Waals surface area (Å²) in [5.41, 5.74) is 5.01. The van der Waals surface area contributed by atoms with Gasteiger partial charge in [0.2, 0.25) is 0 Å². The third-order valence-electron chi connectivity index (χ3n) is 6.73. The van der Waals surface area contributed by atoms with Crippen molar-refractivity contribution in [2.24, 2.45) is 5.10 Å². The fraction of sp³-hybridized carbons (Fsp3) is 0.133. The van der Waals surface area contributed by atoms with Gasteiger partial charge in [0.1, 0.15) is 23.9 Å². The van der Waals surface area contributed by atoms with E-state index in [9.17, 15) is 9.18 Å². The van der Waals surface area contributed by atoms with Crippen molar-refractivity contribution < 1.29 is 13.9 Å². The average Bonchev–Trinajstić information content (AvgIpc) is 3.57. The molecular formula is C30H24FN5O2. The number of carbonyl (C=O) groups is 1. The maximum Gasteiger partial charge on any atom is 0.263 e. The molecule has 2 aromatic heterocycles. The topological polar surface area (TPSA) is 72.6 Å². The van der Waals surface area contributed by atoms with E-state index in [1.165, 1.54) is 17.1 Å². The second kappa shape index (κ2) is 9.89. The smallest absolute Gasteiger partial charge is 0.263 e. The summed E-state index contributed by atoms with van der Waals surface area (Å²) in [5.74, 6) is 0.902. The molecule has 1 atom stereocenters. The van der Waals surface area contributed by atoms with Gasteiger partial charge in [0, 0.05) is 24.4 Å². The number of ether oxygens (including phenoxy) is 1. The molecule has 0 N–H and O–H groups in total. The summed E-state index contributed by atoms with van der Waals surface area (Å²) < 4.78 is 20.9. The molecule has 0 fully saturated rings. The van der Waals surface area contributed by atoms with Crippen LogP contribution in [0.1, 0.15) is 23.6 Å². The predicted molar refractivity (Wildman–Crippen MR) is 143 cm³/mol. The lowest BCUT2D eigenvalue weighted by atomic mass is 9.98. The second-order valence-corrected chi connectivity index (χ2v) is 9.03. The van der Waals surface area contributed by atoms with Gasteiger partial charge in [-0.05, 0) is 71.8 Å². The monoisotopic (exact) mass is 505 g/mol. The number of carbonyl (C=O) groups excluding carboxylic acids is 1. The molecule has 0 radical (unpaired) electrons. The second-order valence-electron chi connectivity index (χ2n) is 9.03. The summed E-state index contributed by atoms with van der Waals surface area (Å²) in [4.78, 5) is 22.8. The van der Waals surface area contributed by atoms with E-state index in [1.807, 2.05) is 65.2 Å². The molecule has 3 aromatic carbocycles. The van der Waals surface area contributed by atoms with Gasteiger partial charge < -0.3 is 9.30 Å². The van der Waals surface area contributed by atoms with Crippen molar-refractivity contribution in [2.45, 2.75) is 19.0 Å². The maximum atomic E-state index is 13.9. The Bertz CT molecular complexity index is 1630. The van der Waals surface area contributed by atoms with Crippen molar-refractivity contribution in [1.82, 2.24) is 19.5 Å². The third kappa shape index (κ3) is 4.41. The average molecular weight is 506 g/mol. The Kier molecular flexibility index (Phi) is 6.13. The van der Waals surface area contributed by atoms with E-state index in [1.54, 1.807) is 31.6 Å². The molecule has 5 aromatic rings. The number of nitrogens with zero attached hydrogens (tertiary/aromatic N) is 5. The summed E-state index contributed by atoms with van der Waals surface area (Å²) in [6.07, 6.45) is 3.92. The highest BCUT2D eigenvalue weighted by atomic mass is 19.1. The van der Waals surface area contributed by atoms with Crippen molar-refractivity contribution in [3.05, 3.63) is 114 Å². The van der Waals surface area contributed by atoms with Crippen LogP contribution in [0.2, 0.25) is 0 Å². The Balaban J connectivity index is 1.39. The van der Waals surface area contributed by atoms with Crippen LogP contribution in [-0.2, 0) is 11.3 Å². The number of methoxy groups -OCH3 is 1. The first-order valence-electron chi connectivity index (χ1n) is 12.3. The van der Waals surface area contributed by atoms with Crippen LogP contribution in [0.3, 0.4) is 0 Å². The lowest BCUT2D eigenvalue weighted by molar-refractivity contribution is -0.133. The van der Waals surface area contributed by atoms with Gasteiger partial charge in [-0.2, -0.15) is 5.10 Å². The minimum Gasteiger partial charge on any atom is -0.497 e. The van der Waals surface area contributed by atoms with Crippen molar-refractivity contribution in [1.29, 1.82) is 0 Å². The van der Waals surface area contributed by atoms with Crippen molar-refractivity contribution >= 4 is 22.7 Å². The van der Waals surface area contributed by atoms with Gasteiger partial charge in [0.05, 0.1) is 29.9 Å². The summed E-state index contributed by atoms with van der Waals surface area (Å²) >= 11 is 0. The fourth-order valence-corrected chi connectivity index (χ4v) is 4.81. The van der Waals surface area contributed by atoms with Gasteiger partial charge in [-0.1, -0.05) is 24.3 Å². The van der Waals surface area contributed by atoms with Gasteiger partial charge in [0.15, 0.2) is 0 Å². The molecule has 1 unspecified atom stereocenters. The number of rotatable bonds is 6. The molecular weight excluding hydrogens is 481 g/mol. The van der Waals surface area contributed by atoms with Crippen LogP contribution in [0.4, 0.5) is 4.39 Å². The summed E-state index contributed by atoms with van der Waals surface area (Å²) in [6.45, 7) is 0.0370. The number of benzene rings is 3. The van der Waals surface area contributed by atoms with Crippen LogP contribution in [-0.4, -0.2) is 38.3 Å². The van der Waals surface area contributed by atoms with Gasteiger partial charge >= 0.3 is 0 Å². The van der Waals surface area contributed by atoms with Crippen molar-refractivity contribution in [2.75, 3.05) is 7.11 Å². The minimum atomic E-state index is -0.362. The number of aromatic nitrogens is 3. The van der Waals surface area contributed by atoms with E-state index in [2.05, 4.69) is 4.98 Å². The number of imidazole rings is 1. The van der Waals surface area contributed by atoms with Crippen LogP contribution < -0.4 is 4.74 Å². The molecule has 7 nitrogen and oxygen atoms in total. The first kappa shape index (κ1) is 23.5. The van der Waals surface area contributed by atoms with Crippen molar-refractivity contribution in [3.8, 4) is 17.1 Å². The Morgan fingerprint density at radius 3 is 2.42 bits per heavy atom. The number of halogens is 1. The number of pyridine rings is 1. The number of hydrogen-bond acceptors (Lipinski definition) is 5. The predicted octanol–water partition coefficient (Wildman–Crippen LogP) is 5.62. The quantitative estimate of drug-likeness (QED) is 0.300. The Morgan fingerprint density at radius 2 is 1.68 bits per heavy atom. The molecule has 1 aliphatic rings. The van der Waals surface area contributed by atoms with E-state index in [4.69, 9.17) is 14.8 Å². The van der Waals surface area contributed by atoms with Gasteiger partial charge in [-0.25, -0.2) is 14.4 Å². The van der Waals surface area contributed by atoms with E-state index in [0.29, 0.717) is 12.2 Å². The van der Waals surface area contributed by atoms with E-state index in [-0.39, 0.29) is 24.3 Å². The first-order valence-corrected chi connectivity index (χ1v) is 12.3. The zero-order valence-electron chi connectivity index (χ0n) is 20.7. The third-order valence-corrected chi connectivity index (χ3v) is 6.73. The van der Waals surface area contributed by atoms with Gasteiger partial charge in [-0.3, -0.25) is 9.78 Å². The highest BCUT2D eigenvalue weighted by molar-refractivity contribution is 6.03. The highest BCUT2D eigenvalue weighted by Crippen LogP contribution is 2.34. The molecule has 38 heavy (non-hydrogen) atoms. The van der Waals surface area contributed by atoms with Crippen molar-refractivity contribution in [3.63, 3.8) is 0 Å². The fourth-order valence-electron chi connectivity index (χ4n) is 4.81. The largest absolute Gasteiger partial charge is 0.497 e. The minimum absolute atomic E-state index is 0.0370. The molecule has 8 heteroatoms. The van der Waals surface area contributed by atoms with Crippen LogP contribution in [0, 0.1) is 5.82 Å². The van der Waals surface area contributed by atoms with Crippen LogP contribution in [0.5, 0.6) is 5.75 Å². The number of hydrogen-bond donors (Lipinski definition) is 0. The number of fused-ring (bicyclic) bond motifs is 1. The molecule has 0 saturated carbocycles. The van der Waals surface area contributed by atoms with E-state index < -0.39 is 0 Å². The number of hydrazone groups is 1. The summed E-state index contributed by atoms with van der Waals surface area (Å²) in [5, 5.41) is 6.30. The molecule has 1 amide bonds. The highest BCUT2D eigenvalue weighted by Gasteiger charge is 2.33. The Labute approximate surface area is 218 Å². The summed E-state index contributed by atoms with van der Waals surface area (Å²) in [6, 6.07) is 25.0. The molecule has 0 aliphatic carbocycles. The van der Waals surface area contributed by atoms with E-state index >= 15 is 0 Å². The molecule has 0 spiro atoms. The summed E-state index contributed by atoms with van der Waals surface area (Å²) in [7, 11) is 1.62. The maximum absolute atomic E-state index is 13.9. The Morgan fingerprint density at radius 1 is 0.947 bits per heavy atom. The number of amides is 1. The zero-order chi connectivity index (χ0) is 26.1. The van der Waals surface area contributed by atoms with Gasteiger partial charge in [-0.15, -0.1) is 0 Å². The lowest BCUT2D eigenvalue weighted by Crippen LogP contribution is -2.30. The lowest BCUT2D eigenvalue weighted by Gasteiger charge is -2.23. The molecule has 6 rings (SSSR count). The van der Waals surface area contributed by atoms with E-state index in [0.717, 1.165) is 39.2 Å². The number of para-hydroxylation sites is 2. The first-order chi connectivity index (χ1) is 18.6. The SMILES string of the molecule is COc1ccc(C2=NN(C(=O)Cn3c(-c4ccncc4)nc4ccccc43)C(c3ccc(F)cc3)C2)cc1. The normalized spacial score (nSPS) is 15.1. The van der Waals surface area contributed by atoms with Gasteiger partial charge in [0.25, 0.3) is 5.91 Å². The standard InChI is InChI=1S/C30H24FN5O2/c1-38-24-12-8-20(9-13-24)26-18-28(21-6-10-23(31)11-7-21)36(34-26)29(37)19-35-27-5-3-2-4-25(27)33-30(35)22-14-16-32-17-15-22/h2-17,28H,18-19H2,1H3. The Hall–Kier alpha value is -4.85. The molecule has 188 valence electrons. The molecule has 1 aliphatic heterocycles. The van der Waals surface area contributed by atoms with Crippen LogP contribution in [0.25, 0.3) is 22.4 Å². The molecule has 3 heterocycles. The van der Waals surface area contributed by atoms with Crippen LogP contribution in [0.15, 0.2) is 102 Å². The molecule has 0 bridgehead atoms. The molecule has 0 saturated heterocycles. The van der Waals surface area contributed by atoms with Crippen LogP contribution >= 0.6 is 0 Å².